The Morgan fingerprint density at radius 3 is 2.39 bits per heavy atom. The second-order valence-electron chi connectivity index (χ2n) is 7.95. The SMILES string of the molecule is CCOC(=O)c1ccc(NC(=O)C[C@@H]2C(=O)Nc3ccccc3N2C(=O)c2ccccc2OC)cc1. The molecule has 0 fully saturated rings. The molecule has 2 N–H and O–H groups in total. The van der Waals surface area contributed by atoms with E-state index in [1.807, 2.05) is 0 Å². The minimum Gasteiger partial charge on any atom is -0.496 e. The van der Waals surface area contributed by atoms with Crippen LogP contribution in [0.4, 0.5) is 17.1 Å². The molecule has 0 bridgehead atoms. The molecule has 0 aliphatic carbocycles. The fourth-order valence-corrected chi connectivity index (χ4v) is 3.97. The van der Waals surface area contributed by atoms with E-state index in [4.69, 9.17) is 9.47 Å². The molecule has 1 aliphatic heterocycles. The predicted octanol–water partition coefficient (Wildman–Crippen LogP) is 3.87. The fourth-order valence-electron chi connectivity index (χ4n) is 3.97. The van der Waals surface area contributed by atoms with Gasteiger partial charge in [-0.25, -0.2) is 4.79 Å². The van der Waals surface area contributed by atoms with Crippen molar-refractivity contribution in [2.45, 2.75) is 19.4 Å². The van der Waals surface area contributed by atoms with Crippen molar-refractivity contribution in [1.29, 1.82) is 0 Å². The van der Waals surface area contributed by atoms with Crippen molar-refractivity contribution < 1.29 is 28.7 Å². The molecule has 4 rings (SSSR count). The van der Waals surface area contributed by atoms with Gasteiger partial charge in [-0.2, -0.15) is 0 Å². The van der Waals surface area contributed by atoms with Gasteiger partial charge in [-0.15, -0.1) is 0 Å². The number of para-hydroxylation sites is 3. The van der Waals surface area contributed by atoms with Crippen molar-refractivity contribution in [3.05, 3.63) is 83.9 Å². The lowest BCUT2D eigenvalue weighted by Crippen LogP contribution is -2.52. The molecule has 184 valence electrons. The smallest absolute Gasteiger partial charge is 0.338 e. The number of esters is 1. The molecule has 1 aliphatic rings. The summed E-state index contributed by atoms with van der Waals surface area (Å²) in [5, 5.41) is 5.50. The molecule has 0 radical (unpaired) electrons. The third kappa shape index (κ3) is 5.05. The lowest BCUT2D eigenvalue weighted by atomic mass is 10.0. The second-order valence-corrected chi connectivity index (χ2v) is 7.95. The molecular weight excluding hydrogens is 462 g/mol. The first-order valence-corrected chi connectivity index (χ1v) is 11.4. The Kier molecular flexibility index (Phi) is 7.29. The van der Waals surface area contributed by atoms with Crippen molar-refractivity contribution in [3.63, 3.8) is 0 Å². The van der Waals surface area contributed by atoms with Crippen LogP contribution in [0.3, 0.4) is 0 Å². The number of nitrogens with one attached hydrogen (secondary N) is 2. The lowest BCUT2D eigenvalue weighted by Gasteiger charge is -2.36. The zero-order valence-corrected chi connectivity index (χ0v) is 19.8. The summed E-state index contributed by atoms with van der Waals surface area (Å²) in [6.45, 7) is 1.97. The number of hydrogen-bond donors (Lipinski definition) is 2. The molecule has 0 unspecified atom stereocenters. The first kappa shape index (κ1) is 24.5. The summed E-state index contributed by atoms with van der Waals surface area (Å²) in [7, 11) is 1.46. The quantitative estimate of drug-likeness (QED) is 0.489. The first-order valence-electron chi connectivity index (χ1n) is 11.4. The summed E-state index contributed by atoms with van der Waals surface area (Å²) in [4.78, 5) is 52.9. The molecule has 36 heavy (non-hydrogen) atoms. The Labute approximate surface area is 208 Å². The van der Waals surface area contributed by atoms with E-state index in [9.17, 15) is 19.2 Å². The summed E-state index contributed by atoms with van der Waals surface area (Å²) in [6, 6.07) is 18.7. The predicted molar refractivity (Wildman–Crippen MR) is 134 cm³/mol. The van der Waals surface area contributed by atoms with Crippen LogP contribution in [0, 0.1) is 0 Å². The average Bonchev–Trinajstić information content (AvgIpc) is 2.89. The van der Waals surface area contributed by atoms with Crippen LogP contribution < -0.4 is 20.3 Å². The maximum Gasteiger partial charge on any atom is 0.338 e. The van der Waals surface area contributed by atoms with Gasteiger partial charge in [-0.05, 0) is 55.5 Å². The third-order valence-corrected chi connectivity index (χ3v) is 5.65. The van der Waals surface area contributed by atoms with E-state index in [2.05, 4.69) is 10.6 Å². The van der Waals surface area contributed by atoms with Gasteiger partial charge in [0.15, 0.2) is 0 Å². The van der Waals surface area contributed by atoms with Crippen molar-refractivity contribution in [1.82, 2.24) is 0 Å². The van der Waals surface area contributed by atoms with Gasteiger partial charge in [0.25, 0.3) is 5.91 Å². The standard InChI is InChI=1S/C27H25N3O6/c1-3-36-27(34)17-12-14-18(15-13-17)28-24(31)16-22-25(32)29-20-9-5-6-10-21(20)30(22)26(33)19-8-4-7-11-23(19)35-2/h4-15,22H,3,16H2,1-2H3,(H,28,31)(H,29,32)/t22-/m1/s1. The third-order valence-electron chi connectivity index (χ3n) is 5.65. The van der Waals surface area contributed by atoms with E-state index in [0.29, 0.717) is 28.4 Å². The monoisotopic (exact) mass is 487 g/mol. The fraction of sp³-hybridized carbons (Fsp3) is 0.185. The van der Waals surface area contributed by atoms with Crippen LogP contribution in [0.5, 0.6) is 5.75 Å². The van der Waals surface area contributed by atoms with E-state index in [0.717, 1.165) is 0 Å². The number of anilines is 3. The van der Waals surface area contributed by atoms with Crippen LogP contribution in [-0.2, 0) is 14.3 Å². The number of carbonyl (C=O) groups is 4. The summed E-state index contributed by atoms with van der Waals surface area (Å²) >= 11 is 0. The molecule has 0 saturated heterocycles. The molecule has 3 aromatic rings. The summed E-state index contributed by atoms with van der Waals surface area (Å²) in [5.41, 5.74) is 2.00. The Balaban J connectivity index is 1.59. The summed E-state index contributed by atoms with van der Waals surface area (Å²) < 4.78 is 10.3. The first-order chi connectivity index (χ1) is 17.4. The van der Waals surface area contributed by atoms with E-state index in [1.54, 1.807) is 67.6 Å². The molecule has 0 aromatic heterocycles. The highest BCUT2D eigenvalue weighted by atomic mass is 16.5. The Bertz CT molecular complexity index is 1300. The Hall–Kier alpha value is -4.66. The van der Waals surface area contributed by atoms with Gasteiger partial charge in [0.1, 0.15) is 11.8 Å². The minimum atomic E-state index is -1.10. The number of ether oxygens (including phenoxy) is 2. The molecule has 9 heteroatoms. The molecule has 0 spiro atoms. The van der Waals surface area contributed by atoms with Gasteiger partial charge in [0.2, 0.25) is 11.8 Å². The molecule has 0 saturated carbocycles. The molecule has 9 nitrogen and oxygen atoms in total. The lowest BCUT2D eigenvalue weighted by molar-refractivity contribution is -0.122. The van der Waals surface area contributed by atoms with Crippen molar-refractivity contribution in [2.24, 2.45) is 0 Å². The summed E-state index contributed by atoms with van der Waals surface area (Å²) in [6.07, 6.45) is -0.291. The van der Waals surface area contributed by atoms with Crippen molar-refractivity contribution in [3.8, 4) is 5.75 Å². The number of methoxy groups -OCH3 is 1. The van der Waals surface area contributed by atoms with Crippen LogP contribution in [0.25, 0.3) is 0 Å². The largest absolute Gasteiger partial charge is 0.496 e. The van der Waals surface area contributed by atoms with Crippen LogP contribution in [0.15, 0.2) is 72.8 Å². The van der Waals surface area contributed by atoms with Gasteiger partial charge in [0.05, 0.1) is 42.6 Å². The van der Waals surface area contributed by atoms with Crippen LogP contribution in [-0.4, -0.2) is 43.4 Å². The zero-order valence-electron chi connectivity index (χ0n) is 19.8. The number of fused-ring (bicyclic) bond motifs is 1. The van der Waals surface area contributed by atoms with Gasteiger partial charge >= 0.3 is 5.97 Å². The van der Waals surface area contributed by atoms with Gasteiger partial charge in [0, 0.05) is 5.69 Å². The van der Waals surface area contributed by atoms with E-state index in [1.165, 1.54) is 24.1 Å². The van der Waals surface area contributed by atoms with E-state index < -0.39 is 29.7 Å². The molecule has 3 aromatic carbocycles. The number of nitrogens with zero attached hydrogens (tertiary/aromatic N) is 1. The van der Waals surface area contributed by atoms with Crippen molar-refractivity contribution in [2.75, 3.05) is 29.3 Å². The molecule has 1 atom stereocenters. The van der Waals surface area contributed by atoms with Crippen LogP contribution >= 0.6 is 0 Å². The normalized spacial score (nSPS) is 14.3. The van der Waals surface area contributed by atoms with Gasteiger partial charge in [-0.3, -0.25) is 19.3 Å². The van der Waals surface area contributed by atoms with Gasteiger partial charge < -0.3 is 20.1 Å². The second kappa shape index (κ2) is 10.7. The zero-order chi connectivity index (χ0) is 25.7. The number of benzene rings is 3. The highest BCUT2D eigenvalue weighted by molar-refractivity contribution is 6.18. The summed E-state index contributed by atoms with van der Waals surface area (Å²) in [5.74, 6) is -1.53. The maximum atomic E-state index is 13.7. The molecule has 1 heterocycles. The number of hydrogen-bond acceptors (Lipinski definition) is 6. The average molecular weight is 488 g/mol. The van der Waals surface area contributed by atoms with Crippen LogP contribution in [0.1, 0.15) is 34.1 Å². The minimum absolute atomic E-state index is 0.258. The Morgan fingerprint density at radius 2 is 1.67 bits per heavy atom. The highest BCUT2D eigenvalue weighted by Gasteiger charge is 2.39. The maximum absolute atomic E-state index is 13.7. The molecular formula is C27H25N3O6. The number of carbonyl (C=O) groups excluding carboxylic acids is 4. The Morgan fingerprint density at radius 1 is 0.972 bits per heavy atom. The molecule has 3 amide bonds. The highest BCUT2D eigenvalue weighted by Crippen LogP contribution is 2.35. The van der Waals surface area contributed by atoms with E-state index in [-0.39, 0.29) is 18.6 Å². The van der Waals surface area contributed by atoms with Crippen molar-refractivity contribution >= 4 is 40.8 Å². The topological polar surface area (TPSA) is 114 Å². The number of amides is 3. The van der Waals surface area contributed by atoms with Crippen LogP contribution in [0.2, 0.25) is 0 Å². The number of rotatable bonds is 7. The van der Waals surface area contributed by atoms with Gasteiger partial charge in [-0.1, -0.05) is 24.3 Å². The van der Waals surface area contributed by atoms with E-state index >= 15 is 0 Å².